The molecule has 0 saturated carbocycles. The number of aliphatic carboxylic acids is 1. The van der Waals surface area contributed by atoms with Gasteiger partial charge in [0.05, 0.1) is 11.8 Å². The van der Waals surface area contributed by atoms with Gasteiger partial charge in [0.1, 0.15) is 5.75 Å². The van der Waals surface area contributed by atoms with Gasteiger partial charge in [0.15, 0.2) is 5.75 Å². The third kappa shape index (κ3) is 4.99. The average Bonchev–Trinajstić information content (AvgIpc) is 3.36. The van der Waals surface area contributed by atoms with E-state index in [9.17, 15) is 13.2 Å². The molecule has 0 radical (unpaired) electrons. The summed E-state index contributed by atoms with van der Waals surface area (Å²) in [7, 11) is -3.95. The lowest BCUT2D eigenvalue weighted by molar-refractivity contribution is -0.134. The first-order chi connectivity index (χ1) is 15.6. The molecular formula is C22H24N4O6S. The quantitative estimate of drug-likeness (QED) is 0.419. The molecule has 11 heteroatoms. The predicted octanol–water partition coefficient (Wildman–Crippen LogP) is 2.76. The lowest BCUT2D eigenvalue weighted by atomic mass is 10.0. The van der Waals surface area contributed by atoms with E-state index in [4.69, 9.17) is 20.1 Å². The number of hydrogen-bond donors (Lipinski definition) is 3. The summed E-state index contributed by atoms with van der Waals surface area (Å²) in [5.74, 6) is -1.14. The van der Waals surface area contributed by atoms with E-state index in [1.165, 1.54) is 0 Å². The van der Waals surface area contributed by atoms with E-state index in [-0.39, 0.29) is 6.10 Å². The Morgan fingerprint density at radius 3 is 2.82 bits per heavy atom. The van der Waals surface area contributed by atoms with Crippen LogP contribution in [0.25, 0.3) is 22.8 Å². The molecule has 0 saturated heterocycles. The Hall–Kier alpha value is -3.44. The maximum atomic E-state index is 12.1. The van der Waals surface area contributed by atoms with Crippen LogP contribution in [-0.2, 0) is 21.2 Å². The normalized spacial score (nSPS) is 15.5. The average molecular weight is 473 g/mol. The zero-order valence-corrected chi connectivity index (χ0v) is 18.9. The minimum Gasteiger partial charge on any atom is -0.489 e. The number of nitrogen functional groups attached to an aromatic ring is 1. The molecule has 10 nitrogen and oxygen atoms in total. The van der Waals surface area contributed by atoms with Crippen molar-refractivity contribution in [2.75, 3.05) is 11.5 Å². The zero-order valence-electron chi connectivity index (χ0n) is 18.1. The Morgan fingerprint density at radius 1 is 1.33 bits per heavy atom. The number of rotatable bonds is 8. The molecule has 1 aromatic heterocycles. The molecule has 0 amide bonds. The third-order valence-corrected chi connectivity index (χ3v) is 6.46. The SMILES string of the molecule is CC(C)Oc1ccc(-c2nc(-c3cccc4c3CC[C@H]4NS(=O)(=O)CC(=O)O)no2)cc1N. The van der Waals surface area contributed by atoms with E-state index < -0.39 is 27.8 Å². The van der Waals surface area contributed by atoms with Crippen molar-refractivity contribution in [1.82, 2.24) is 14.9 Å². The number of aromatic nitrogens is 2. The van der Waals surface area contributed by atoms with E-state index in [0.717, 1.165) is 16.7 Å². The molecule has 1 aliphatic carbocycles. The number of benzene rings is 2. The number of carboxylic acid groups (broad SMARTS) is 1. The van der Waals surface area contributed by atoms with Gasteiger partial charge in [0, 0.05) is 17.2 Å². The second-order valence-electron chi connectivity index (χ2n) is 8.08. The fourth-order valence-electron chi connectivity index (χ4n) is 3.90. The van der Waals surface area contributed by atoms with Gasteiger partial charge >= 0.3 is 5.97 Å². The highest BCUT2D eigenvalue weighted by Crippen LogP contribution is 2.38. The summed E-state index contributed by atoms with van der Waals surface area (Å²) in [6.07, 6.45) is 1.08. The number of nitrogens with one attached hydrogen (secondary N) is 1. The van der Waals surface area contributed by atoms with Crippen molar-refractivity contribution in [3.8, 4) is 28.6 Å². The third-order valence-electron chi connectivity index (χ3n) is 5.19. The molecular weight excluding hydrogens is 448 g/mol. The second-order valence-corrected chi connectivity index (χ2v) is 9.83. The van der Waals surface area contributed by atoms with Crippen LogP contribution in [0.4, 0.5) is 5.69 Å². The molecule has 0 bridgehead atoms. The number of carboxylic acids is 1. The van der Waals surface area contributed by atoms with Crippen LogP contribution in [0.15, 0.2) is 40.9 Å². The summed E-state index contributed by atoms with van der Waals surface area (Å²) in [4.78, 5) is 15.3. The van der Waals surface area contributed by atoms with Gasteiger partial charge in [-0.25, -0.2) is 13.1 Å². The van der Waals surface area contributed by atoms with Gasteiger partial charge in [-0.15, -0.1) is 0 Å². The minimum atomic E-state index is -3.95. The van der Waals surface area contributed by atoms with E-state index in [1.54, 1.807) is 24.3 Å². The topological polar surface area (TPSA) is 158 Å². The maximum absolute atomic E-state index is 12.1. The van der Waals surface area contributed by atoms with Gasteiger partial charge in [-0.2, -0.15) is 4.98 Å². The van der Waals surface area contributed by atoms with Gasteiger partial charge in [-0.1, -0.05) is 23.4 Å². The Morgan fingerprint density at radius 2 is 2.12 bits per heavy atom. The molecule has 33 heavy (non-hydrogen) atoms. The number of ether oxygens (including phenoxy) is 1. The monoisotopic (exact) mass is 472 g/mol. The van der Waals surface area contributed by atoms with Crippen molar-refractivity contribution in [1.29, 1.82) is 0 Å². The molecule has 1 heterocycles. The van der Waals surface area contributed by atoms with E-state index in [2.05, 4.69) is 14.9 Å². The fraction of sp³-hybridized carbons (Fsp3) is 0.318. The summed E-state index contributed by atoms with van der Waals surface area (Å²) in [6, 6.07) is 10.2. The highest BCUT2D eigenvalue weighted by atomic mass is 32.2. The summed E-state index contributed by atoms with van der Waals surface area (Å²) in [6.45, 7) is 3.83. The van der Waals surface area contributed by atoms with Gasteiger partial charge < -0.3 is 20.1 Å². The minimum absolute atomic E-state index is 0.00855. The second kappa shape index (κ2) is 8.83. The largest absolute Gasteiger partial charge is 0.489 e. The predicted molar refractivity (Wildman–Crippen MR) is 121 cm³/mol. The van der Waals surface area contributed by atoms with Crippen molar-refractivity contribution in [2.45, 2.75) is 38.8 Å². The molecule has 0 aliphatic heterocycles. The Kier molecular flexibility index (Phi) is 6.09. The smallest absolute Gasteiger partial charge is 0.320 e. The van der Waals surface area contributed by atoms with E-state index in [0.29, 0.717) is 41.6 Å². The van der Waals surface area contributed by atoms with Gasteiger partial charge in [-0.3, -0.25) is 4.79 Å². The van der Waals surface area contributed by atoms with Crippen LogP contribution in [0.3, 0.4) is 0 Å². The molecule has 0 spiro atoms. The molecule has 2 aromatic carbocycles. The van der Waals surface area contributed by atoms with Crippen LogP contribution in [0.2, 0.25) is 0 Å². The molecule has 1 aliphatic rings. The summed E-state index contributed by atoms with van der Waals surface area (Å²) >= 11 is 0. The molecule has 0 unspecified atom stereocenters. The number of nitrogens with zero attached hydrogens (tertiary/aromatic N) is 2. The number of anilines is 1. The maximum Gasteiger partial charge on any atom is 0.320 e. The highest BCUT2D eigenvalue weighted by molar-refractivity contribution is 7.90. The molecule has 0 fully saturated rings. The molecule has 3 aromatic rings. The molecule has 4 rings (SSSR count). The summed E-state index contributed by atoms with van der Waals surface area (Å²) < 4.78 is 37.8. The van der Waals surface area contributed by atoms with Gasteiger partial charge in [0.2, 0.25) is 15.8 Å². The number of fused-ring (bicyclic) bond motifs is 1. The first-order valence-corrected chi connectivity index (χ1v) is 12.0. The van der Waals surface area contributed by atoms with Gasteiger partial charge in [0.25, 0.3) is 5.89 Å². The van der Waals surface area contributed by atoms with Crippen LogP contribution < -0.4 is 15.2 Å². The number of sulfonamides is 1. The first-order valence-electron chi connectivity index (χ1n) is 10.4. The van der Waals surface area contributed by atoms with Crippen LogP contribution in [-0.4, -0.2) is 41.5 Å². The summed E-state index contributed by atoms with van der Waals surface area (Å²) in [5, 5.41) is 12.9. The molecule has 174 valence electrons. The number of carbonyl (C=O) groups is 1. The number of nitrogens with two attached hydrogens (primary N) is 1. The summed E-state index contributed by atoms with van der Waals surface area (Å²) in [5.41, 5.74) is 9.59. The van der Waals surface area contributed by atoms with Gasteiger partial charge in [-0.05, 0) is 56.0 Å². The van der Waals surface area contributed by atoms with Crippen molar-refractivity contribution >= 4 is 21.7 Å². The fourth-order valence-corrected chi connectivity index (χ4v) is 4.99. The zero-order chi connectivity index (χ0) is 23.8. The van der Waals surface area contributed by atoms with Crippen LogP contribution in [0.5, 0.6) is 5.75 Å². The number of hydrogen-bond acceptors (Lipinski definition) is 8. The molecule has 1 atom stereocenters. The van der Waals surface area contributed by atoms with Crippen molar-refractivity contribution < 1.29 is 27.6 Å². The highest BCUT2D eigenvalue weighted by Gasteiger charge is 2.30. The van der Waals surface area contributed by atoms with E-state index in [1.807, 2.05) is 26.0 Å². The Balaban J connectivity index is 1.60. The Bertz CT molecular complexity index is 1300. The van der Waals surface area contributed by atoms with Crippen molar-refractivity contribution in [3.63, 3.8) is 0 Å². The van der Waals surface area contributed by atoms with Crippen molar-refractivity contribution in [2.24, 2.45) is 0 Å². The molecule has 4 N–H and O–H groups in total. The lowest BCUT2D eigenvalue weighted by Crippen LogP contribution is -2.32. The van der Waals surface area contributed by atoms with Crippen molar-refractivity contribution in [3.05, 3.63) is 47.5 Å². The van der Waals surface area contributed by atoms with Crippen LogP contribution >= 0.6 is 0 Å². The standard InChI is InChI=1S/C22H24N4O6S/c1-12(2)31-19-9-6-13(10-17(19)23)22-24-21(25-32-22)16-5-3-4-15-14(16)7-8-18(15)26-33(29,30)11-20(27)28/h3-6,9-10,12,18,26H,7-8,11,23H2,1-2H3,(H,27,28)/t18-/m1/s1. The first kappa shape index (κ1) is 22.7. The lowest BCUT2D eigenvalue weighted by Gasteiger charge is -2.14. The van der Waals surface area contributed by atoms with Crippen LogP contribution in [0.1, 0.15) is 37.4 Å². The van der Waals surface area contributed by atoms with E-state index >= 15 is 0 Å². The Labute approximate surface area is 190 Å². The van der Waals surface area contributed by atoms with Crippen LogP contribution in [0, 0.1) is 0 Å².